The summed E-state index contributed by atoms with van der Waals surface area (Å²) in [6, 6.07) is 14.9. The molecule has 46 heavy (non-hydrogen) atoms. The average molecular weight is 626 g/mol. The standard InChI is InChI=1S/C33H39N9O4/c1-33(2,3)24-10-6-22(7-11-24)27(43)35-26-5-4-15-41(21-26)30-37-29-34-14-16-42(29)31(38-30)36-25-12-8-23(9-13-25)28(44)39-17-19-40(20-18-39)32(45)46/h6-14,16,26H,4-5,15,17-21H2,1-3H3,(H,35,43)(H,45,46)(H,34,36,37,38). The van der Waals surface area contributed by atoms with Crippen molar-refractivity contribution in [3.05, 3.63) is 77.6 Å². The van der Waals surface area contributed by atoms with Crippen molar-refractivity contribution >= 4 is 41.3 Å². The zero-order valence-corrected chi connectivity index (χ0v) is 26.3. The van der Waals surface area contributed by atoms with Gasteiger partial charge in [-0.1, -0.05) is 32.9 Å². The minimum Gasteiger partial charge on any atom is -0.465 e. The van der Waals surface area contributed by atoms with E-state index in [-0.39, 0.29) is 23.3 Å². The summed E-state index contributed by atoms with van der Waals surface area (Å²) >= 11 is 0. The van der Waals surface area contributed by atoms with E-state index in [1.165, 1.54) is 10.5 Å². The fourth-order valence-electron chi connectivity index (χ4n) is 5.81. The smallest absolute Gasteiger partial charge is 0.407 e. The maximum absolute atomic E-state index is 13.1. The van der Waals surface area contributed by atoms with Gasteiger partial charge in [-0.3, -0.25) is 14.0 Å². The Hall–Kier alpha value is -5.20. The van der Waals surface area contributed by atoms with Gasteiger partial charge in [0.05, 0.1) is 0 Å². The zero-order valence-electron chi connectivity index (χ0n) is 26.3. The quantitative estimate of drug-likeness (QED) is 0.289. The predicted molar refractivity (Wildman–Crippen MR) is 174 cm³/mol. The van der Waals surface area contributed by atoms with Gasteiger partial charge in [0.25, 0.3) is 11.8 Å². The molecule has 240 valence electrons. The number of nitrogens with zero attached hydrogens (tertiary/aromatic N) is 7. The van der Waals surface area contributed by atoms with Crippen molar-refractivity contribution in [2.75, 3.05) is 49.5 Å². The van der Waals surface area contributed by atoms with Crippen LogP contribution < -0.4 is 15.5 Å². The first kappa shape index (κ1) is 30.8. The molecule has 3 amide bonds. The fraction of sp³-hybridized carbons (Fsp3) is 0.394. The summed E-state index contributed by atoms with van der Waals surface area (Å²) in [6.45, 7) is 9.09. The molecule has 1 unspecified atom stereocenters. The Morgan fingerprint density at radius 2 is 1.54 bits per heavy atom. The fourth-order valence-corrected chi connectivity index (χ4v) is 5.81. The van der Waals surface area contributed by atoms with Crippen LogP contribution in [-0.4, -0.2) is 97.5 Å². The van der Waals surface area contributed by atoms with Gasteiger partial charge in [0, 0.05) is 74.5 Å². The molecule has 2 saturated heterocycles. The molecule has 0 bridgehead atoms. The highest BCUT2D eigenvalue weighted by Crippen LogP contribution is 2.24. The molecule has 13 nitrogen and oxygen atoms in total. The number of hydrogen-bond donors (Lipinski definition) is 3. The van der Waals surface area contributed by atoms with E-state index in [9.17, 15) is 14.4 Å². The minimum atomic E-state index is -0.966. The maximum atomic E-state index is 13.1. The van der Waals surface area contributed by atoms with E-state index in [0.29, 0.717) is 61.5 Å². The SMILES string of the molecule is CC(C)(C)c1ccc(C(=O)NC2CCCN(c3nc(Nc4ccc(C(=O)N5CCN(C(=O)O)CC5)cc4)n4ccnc4n3)C2)cc1. The number of hydrogen-bond acceptors (Lipinski definition) is 8. The number of piperazine rings is 1. The normalized spacial score (nSPS) is 17.2. The van der Waals surface area contributed by atoms with Crippen molar-refractivity contribution in [3.63, 3.8) is 0 Å². The Bertz CT molecular complexity index is 1720. The van der Waals surface area contributed by atoms with Crippen LogP contribution in [-0.2, 0) is 5.41 Å². The summed E-state index contributed by atoms with van der Waals surface area (Å²) in [5, 5.41) is 15.7. The zero-order chi connectivity index (χ0) is 32.4. The third-order valence-corrected chi connectivity index (χ3v) is 8.53. The van der Waals surface area contributed by atoms with Gasteiger partial charge < -0.3 is 30.4 Å². The summed E-state index contributed by atoms with van der Waals surface area (Å²) in [6.07, 6.45) is 4.21. The second kappa shape index (κ2) is 12.7. The van der Waals surface area contributed by atoms with Gasteiger partial charge in [-0.2, -0.15) is 9.97 Å². The molecule has 0 aliphatic carbocycles. The molecule has 2 aromatic carbocycles. The van der Waals surface area contributed by atoms with E-state index in [2.05, 4.69) is 41.3 Å². The molecule has 6 rings (SSSR count). The van der Waals surface area contributed by atoms with Crippen molar-refractivity contribution in [2.45, 2.75) is 45.1 Å². The number of carbonyl (C=O) groups excluding carboxylic acids is 2. The number of anilines is 3. The Labute approximate surface area is 267 Å². The molecule has 2 fully saturated rings. The molecule has 0 saturated carbocycles. The van der Waals surface area contributed by atoms with E-state index in [4.69, 9.17) is 15.1 Å². The lowest BCUT2D eigenvalue weighted by molar-refractivity contribution is 0.0625. The average Bonchev–Trinajstić information content (AvgIpc) is 3.54. The number of imidazole rings is 1. The molecule has 2 aliphatic rings. The minimum absolute atomic E-state index is 0.0211. The molecular weight excluding hydrogens is 586 g/mol. The highest BCUT2D eigenvalue weighted by atomic mass is 16.4. The monoisotopic (exact) mass is 625 g/mol. The lowest BCUT2D eigenvalue weighted by atomic mass is 9.86. The lowest BCUT2D eigenvalue weighted by Gasteiger charge is -2.33. The van der Waals surface area contributed by atoms with Crippen LogP contribution in [0.1, 0.15) is 59.9 Å². The summed E-state index contributed by atoms with van der Waals surface area (Å²) in [4.78, 5) is 56.2. The number of nitrogens with one attached hydrogen (secondary N) is 2. The van der Waals surface area contributed by atoms with E-state index in [1.54, 1.807) is 33.8 Å². The van der Waals surface area contributed by atoms with Gasteiger partial charge in [-0.05, 0) is 60.2 Å². The van der Waals surface area contributed by atoms with Gasteiger partial charge in [-0.15, -0.1) is 0 Å². The molecule has 0 radical (unpaired) electrons. The molecule has 4 heterocycles. The first-order chi connectivity index (χ1) is 22.0. The van der Waals surface area contributed by atoms with Crippen LogP contribution in [0.15, 0.2) is 60.9 Å². The summed E-state index contributed by atoms with van der Waals surface area (Å²) < 4.78 is 1.76. The van der Waals surface area contributed by atoms with Crippen LogP contribution in [0.25, 0.3) is 5.78 Å². The molecule has 3 N–H and O–H groups in total. The van der Waals surface area contributed by atoms with E-state index in [1.807, 2.05) is 36.4 Å². The van der Waals surface area contributed by atoms with Gasteiger partial charge in [0.2, 0.25) is 17.7 Å². The van der Waals surface area contributed by atoms with Gasteiger partial charge in [0.1, 0.15) is 0 Å². The van der Waals surface area contributed by atoms with Crippen molar-refractivity contribution in [3.8, 4) is 0 Å². The lowest BCUT2D eigenvalue weighted by Crippen LogP contribution is -2.50. The van der Waals surface area contributed by atoms with Crippen molar-refractivity contribution in [1.29, 1.82) is 0 Å². The van der Waals surface area contributed by atoms with Gasteiger partial charge in [-0.25, -0.2) is 9.78 Å². The molecule has 13 heteroatoms. The molecule has 0 spiro atoms. The molecule has 4 aromatic rings. The van der Waals surface area contributed by atoms with E-state index in [0.717, 1.165) is 25.1 Å². The molecule has 2 aromatic heterocycles. The largest absolute Gasteiger partial charge is 0.465 e. The van der Waals surface area contributed by atoms with Crippen LogP contribution in [0.3, 0.4) is 0 Å². The Morgan fingerprint density at radius 1 is 0.870 bits per heavy atom. The van der Waals surface area contributed by atoms with Crippen LogP contribution >= 0.6 is 0 Å². The topological polar surface area (TPSA) is 148 Å². The molecule has 1 atom stereocenters. The highest BCUT2D eigenvalue weighted by Gasteiger charge is 2.26. The van der Waals surface area contributed by atoms with Crippen molar-refractivity contribution in [2.24, 2.45) is 0 Å². The van der Waals surface area contributed by atoms with Crippen molar-refractivity contribution < 1.29 is 19.5 Å². The number of benzene rings is 2. The number of aromatic nitrogens is 4. The number of carbonyl (C=O) groups is 3. The van der Waals surface area contributed by atoms with E-state index >= 15 is 0 Å². The Kier molecular flexibility index (Phi) is 8.48. The maximum Gasteiger partial charge on any atom is 0.407 e. The summed E-state index contributed by atoms with van der Waals surface area (Å²) in [5.41, 5.74) is 3.10. The first-order valence-electron chi connectivity index (χ1n) is 15.6. The second-order valence-corrected chi connectivity index (χ2v) is 12.8. The Morgan fingerprint density at radius 3 is 2.22 bits per heavy atom. The number of carboxylic acid groups (broad SMARTS) is 1. The third kappa shape index (κ3) is 6.72. The number of amides is 3. The second-order valence-electron chi connectivity index (χ2n) is 12.8. The third-order valence-electron chi connectivity index (χ3n) is 8.53. The van der Waals surface area contributed by atoms with Crippen LogP contribution in [0.5, 0.6) is 0 Å². The highest BCUT2D eigenvalue weighted by molar-refractivity contribution is 5.95. The van der Waals surface area contributed by atoms with Crippen LogP contribution in [0, 0.1) is 0 Å². The van der Waals surface area contributed by atoms with Gasteiger partial charge in [0.15, 0.2) is 0 Å². The summed E-state index contributed by atoms with van der Waals surface area (Å²) in [5.74, 6) is 1.30. The van der Waals surface area contributed by atoms with Gasteiger partial charge >= 0.3 is 6.09 Å². The number of rotatable bonds is 6. The Balaban J connectivity index is 1.12. The number of fused-ring (bicyclic) bond motifs is 1. The number of piperidine rings is 1. The summed E-state index contributed by atoms with van der Waals surface area (Å²) in [7, 11) is 0. The molecular formula is C33H39N9O4. The predicted octanol–water partition coefficient (Wildman–Crippen LogP) is 4.00. The van der Waals surface area contributed by atoms with E-state index < -0.39 is 6.09 Å². The first-order valence-corrected chi connectivity index (χ1v) is 15.6. The van der Waals surface area contributed by atoms with Crippen LogP contribution in [0.2, 0.25) is 0 Å². The van der Waals surface area contributed by atoms with Crippen molar-refractivity contribution in [1.82, 2.24) is 34.5 Å². The van der Waals surface area contributed by atoms with Crippen LogP contribution in [0.4, 0.5) is 22.4 Å². The molecule has 2 aliphatic heterocycles.